The maximum absolute atomic E-state index is 11.1. The highest BCUT2D eigenvalue weighted by Gasteiger charge is 1.99. The number of H-pyrrole nitrogens is 1. The molecule has 0 saturated heterocycles. The van der Waals surface area contributed by atoms with Crippen molar-refractivity contribution in [3.05, 3.63) is 48.0 Å². The molecule has 2 rings (SSSR count). The van der Waals surface area contributed by atoms with E-state index in [9.17, 15) is 4.79 Å². The summed E-state index contributed by atoms with van der Waals surface area (Å²) in [7, 11) is 0. The summed E-state index contributed by atoms with van der Waals surface area (Å²) in [5.74, 6) is 0.0834. The zero-order chi connectivity index (χ0) is 11.4. The van der Waals surface area contributed by atoms with Crippen molar-refractivity contribution in [3.8, 4) is 0 Å². The Kier molecular flexibility index (Phi) is 3.00. The van der Waals surface area contributed by atoms with Crippen molar-refractivity contribution in [2.45, 2.75) is 13.5 Å². The van der Waals surface area contributed by atoms with Crippen LogP contribution in [0.1, 0.15) is 23.0 Å². The number of anilines is 1. The molecule has 0 atom stereocenters. The van der Waals surface area contributed by atoms with Crippen LogP contribution in [0.2, 0.25) is 0 Å². The number of nitrogens with zero attached hydrogens (tertiary/aromatic N) is 1. The van der Waals surface area contributed by atoms with Gasteiger partial charge in [-0.15, -0.1) is 0 Å². The van der Waals surface area contributed by atoms with Crippen LogP contribution in [-0.4, -0.2) is 15.8 Å². The Morgan fingerprint density at radius 1 is 1.38 bits per heavy atom. The average Bonchev–Trinajstić information content (AvgIpc) is 2.80. The lowest BCUT2D eigenvalue weighted by atomic mass is 10.1. The van der Waals surface area contributed by atoms with Crippen LogP contribution in [0.5, 0.6) is 0 Å². The Balaban J connectivity index is 1.98. The monoisotopic (exact) mass is 215 g/mol. The third-order valence-electron chi connectivity index (χ3n) is 2.33. The second-order valence-electron chi connectivity index (χ2n) is 3.56. The smallest absolute Gasteiger partial charge is 0.159 e. The topological polar surface area (TPSA) is 57.8 Å². The molecule has 4 heteroatoms. The lowest BCUT2D eigenvalue weighted by Crippen LogP contribution is -2.00. The quantitative estimate of drug-likeness (QED) is 0.769. The van der Waals surface area contributed by atoms with E-state index in [4.69, 9.17) is 0 Å². The lowest BCUT2D eigenvalue weighted by molar-refractivity contribution is 0.101. The third-order valence-corrected chi connectivity index (χ3v) is 2.33. The van der Waals surface area contributed by atoms with E-state index in [-0.39, 0.29) is 5.78 Å². The largest absolute Gasteiger partial charge is 0.379 e. The zero-order valence-electron chi connectivity index (χ0n) is 9.03. The Morgan fingerprint density at radius 3 is 2.69 bits per heavy atom. The number of carbonyl (C=O) groups is 1. The van der Waals surface area contributed by atoms with E-state index in [1.54, 1.807) is 19.4 Å². The van der Waals surface area contributed by atoms with Gasteiger partial charge in [0.25, 0.3) is 0 Å². The van der Waals surface area contributed by atoms with Gasteiger partial charge in [-0.1, -0.05) is 0 Å². The predicted molar refractivity (Wildman–Crippen MR) is 62.4 cm³/mol. The van der Waals surface area contributed by atoms with Gasteiger partial charge in [0.05, 0.1) is 18.6 Å². The molecule has 0 aliphatic heterocycles. The first kappa shape index (κ1) is 10.4. The normalized spacial score (nSPS) is 10.1. The molecule has 0 saturated carbocycles. The van der Waals surface area contributed by atoms with E-state index in [1.807, 2.05) is 24.3 Å². The summed E-state index contributed by atoms with van der Waals surface area (Å²) in [4.78, 5) is 18.0. The first-order valence-corrected chi connectivity index (χ1v) is 5.08. The SMILES string of the molecule is CC(=O)c1ccc(NCc2cnc[nH]2)cc1. The molecule has 2 N–H and O–H groups in total. The molecule has 0 fully saturated rings. The van der Waals surface area contributed by atoms with Crippen molar-refractivity contribution in [1.29, 1.82) is 0 Å². The van der Waals surface area contributed by atoms with Crippen molar-refractivity contribution >= 4 is 11.5 Å². The van der Waals surface area contributed by atoms with Gasteiger partial charge >= 0.3 is 0 Å². The summed E-state index contributed by atoms with van der Waals surface area (Å²) in [5, 5.41) is 3.23. The zero-order valence-corrected chi connectivity index (χ0v) is 9.03. The number of Topliss-reactive ketones (excluding diaryl/α,β-unsaturated/α-hetero) is 1. The average molecular weight is 215 g/mol. The molecule has 0 unspecified atom stereocenters. The Hall–Kier alpha value is -2.10. The van der Waals surface area contributed by atoms with Gasteiger partial charge in [-0.25, -0.2) is 4.98 Å². The minimum atomic E-state index is 0.0834. The number of aromatic amines is 1. The molecule has 0 aliphatic carbocycles. The summed E-state index contributed by atoms with van der Waals surface area (Å²) in [6.07, 6.45) is 3.42. The summed E-state index contributed by atoms with van der Waals surface area (Å²) >= 11 is 0. The molecule has 1 heterocycles. The molecule has 1 aromatic carbocycles. The highest BCUT2D eigenvalue weighted by molar-refractivity contribution is 5.94. The van der Waals surface area contributed by atoms with Gasteiger partial charge in [0.15, 0.2) is 5.78 Å². The molecule has 16 heavy (non-hydrogen) atoms. The van der Waals surface area contributed by atoms with Crippen LogP contribution in [0, 0.1) is 0 Å². The molecule has 2 aromatic rings. The number of rotatable bonds is 4. The number of hydrogen-bond donors (Lipinski definition) is 2. The number of hydrogen-bond acceptors (Lipinski definition) is 3. The fourth-order valence-electron chi connectivity index (χ4n) is 1.40. The lowest BCUT2D eigenvalue weighted by Gasteiger charge is -2.05. The summed E-state index contributed by atoms with van der Waals surface area (Å²) in [6.45, 7) is 2.26. The molecule has 0 aliphatic rings. The van der Waals surface area contributed by atoms with Crippen LogP contribution in [0.25, 0.3) is 0 Å². The minimum absolute atomic E-state index is 0.0834. The second kappa shape index (κ2) is 4.61. The number of ketones is 1. The molecule has 4 nitrogen and oxygen atoms in total. The summed E-state index contributed by atoms with van der Waals surface area (Å²) in [5.41, 5.74) is 2.74. The molecule has 0 radical (unpaired) electrons. The van der Waals surface area contributed by atoms with Gasteiger partial charge in [-0.05, 0) is 31.2 Å². The number of aromatic nitrogens is 2. The maximum Gasteiger partial charge on any atom is 0.159 e. The Bertz CT molecular complexity index is 460. The van der Waals surface area contributed by atoms with E-state index >= 15 is 0 Å². The van der Waals surface area contributed by atoms with Crippen molar-refractivity contribution in [2.75, 3.05) is 5.32 Å². The molecule has 1 aromatic heterocycles. The van der Waals surface area contributed by atoms with Crippen LogP contribution < -0.4 is 5.32 Å². The summed E-state index contributed by atoms with van der Waals surface area (Å²) < 4.78 is 0. The third kappa shape index (κ3) is 2.48. The fraction of sp³-hybridized carbons (Fsp3) is 0.167. The van der Waals surface area contributed by atoms with Gasteiger partial charge in [-0.3, -0.25) is 4.79 Å². The number of imidazole rings is 1. The Morgan fingerprint density at radius 2 is 2.12 bits per heavy atom. The molecule has 82 valence electrons. The second-order valence-corrected chi connectivity index (χ2v) is 3.56. The first-order chi connectivity index (χ1) is 7.75. The van der Waals surface area contributed by atoms with Crippen molar-refractivity contribution in [2.24, 2.45) is 0 Å². The predicted octanol–water partition coefficient (Wildman–Crippen LogP) is 2.22. The standard InChI is InChI=1S/C12H13N3O/c1-9(16)10-2-4-11(5-3-10)14-7-12-6-13-8-15-12/h2-6,8,14H,7H2,1H3,(H,13,15). The van der Waals surface area contributed by atoms with Gasteiger partial charge in [0.2, 0.25) is 0 Å². The van der Waals surface area contributed by atoms with Crippen LogP contribution in [0.15, 0.2) is 36.8 Å². The minimum Gasteiger partial charge on any atom is -0.379 e. The molecular weight excluding hydrogens is 202 g/mol. The van der Waals surface area contributed by atoms with Crippen LogP contribution >= 0.6 is 0 Å². The van der Waals surface area contributed by atoms with E-state index in [1.165, 1.54) is 0 Å². The van der Waals surface area contributed by atoms with Crippen molar-refractivity contribution in [3.63, 3.8) is 0 Å². The van der Waals surface area contributed by atoms with Crippen LogP contribution in [-0.2, 0) is 6.54 Å². The first-order valence-electron chi connectivity index (χ1n) is 5.08. The van der Waals surface area contributed by atoms with Crippen LogP contribution in [0.3, 0.4) is 0 Å². The summed E-state index contributed by atoms with van der Waals surface area (Å²) in [6, 6.07) is 7.43. The molecule has 0 amide bonds. The number of benzene rings is 1. The number of nitrogens with one attached hydrogen (secondary N) is 2. The molecular formula is C12H13N3O. The molecule has 0 spiro atoms. The van der Waals surface area contributed by atoms with Crippen molar-refractivity contribution in [1.82, 2.24) is 9.97 Å². The highest BCUT2D eigenvalue weighted by Crippen LogP contribution is 2.10. The van der Waals surface area contributed by atoms with Gasteiger partial charge in [-0.2, -0.15) is 0 Å². The Labute approximate surface area is 93.7 Å². The molecule has 0 bridgehead atoms. The van der Waals surface area contributed by atoms with Crippen molar-refractivity contribution < 1.29 is 4.79 Å². The van der Waals surface area contributed by atoms with E-state index in [0.717, 1.165) is 16.9 Å². The van der Waals surface area contributed by atoms with Gasteiger partial charge in [0, 0.05) is 17.4 Å². The highest BCUT2D eigenvalue weighted by atomic mass is 16.1. The maximum atomic E-state index is 11.1. The fourth-order valence-corrected chi connectivity index (χ4v) is 1.40. The van der Waals surface area contributed by atoms with Gasteiger partial charge < -0.3 is 10.3 Å². The van der Waals surface area contributed by atoms with Gasteiger partial charge in [0.1, 0.15) is 0 Å². The number of carbonyl (C=O) groups excluding carboxylic acids is 1. The van der Waals surface area contributed by atoms with E-state index < -0.39 is 0 Å². The van der Waals surface area contributed by atoms with E-state index in [0.29, 0.717) is 6.54 Å². The van der Waals surface area contributed by atoms with E-state index in [2.05, 4.69) is 15.3 Å². The van der Waals surface area contributed by atoms with Crippen LogP contribution in [0.4, 0.5) is 5.69 Å².